The maximum Gasteiger partial charge on any atom is 0.453 e. The second-order valence-corrected chi connectivity index (χ2v) is 6.65. The highest BCUT2D eigenvalue weighted by Gasteiger charge is 2.37. The van der Waals surface area contributed by atoms with E-state index in [-0.39, 0.29) is 18.0 Å². The summed E-state index contributed by atoms with van der Waals surface area (Å²) in [5.74, 6) is -1.37. The number of benzene rings is 1. The summed E-state index contributed by atoms with van der Waals surface area (Å²) in [4.78, 5) is 15.3. The van der Waals surface area contributed by atoms with Crippen molar-refractivity contribution >= 4 is 28.8 Å². The number of alkyl halides is 3. The van der Waals surface area contributed by atoms with E-state index in [1.165, 1.54) is 4.52 Å². The second-order valence-electron chi connectivity index (χ2n) is 6.24. The minimum Gasteiger partial charge on any atom is -0.324 e. The number of pyridine rings is 1. The predicted molar refractivity (Wildman–Crippen MR) is 90.2 cm³/mol. The molecule has 1 aliphatic heterocycles. The molecule has 0 aliphatic carbocycles. The molecule has 4 rings (SSSR count). The van der Waals surface area contributed by atoms with Crippen molar-refractivity contribution in [1.29, 1.82) is 0 Å². The van der Waals surface area contributed by atoms with Crippen LogP contribution in [0.1, 0.15) is 22.5 Å². The Morgan fingerprint density at radius 1 is 1.19 bits per heavy atom. The van der Waals surface area contributed by atoms with Crippen LogP contribution in [0.3, 0.4) is 0 Å². The second kappa shape index (κ2) is 5.44. The van der Waals surface area contributed by atoms with E-state index in [4.69, 9.17) is 11.6 Å². The van der Waals surface area contributed by atoms with Gasteiger partial charge in [0.2, 0.25) is 5.91 Å². The molecular weight excluding hydrogens is 369 g/mol. The first-order chi connectivity index (χ1) is 12.1. The van der Waals surface area contributed by atoms with Crippen LogP contribution in [0.15, 0.2) is 18.2 Å². The number of carbonyl (C=O) groups excluding carboxylic acids is 1. The molecule has 5 nitrogen and oxygen atoms in total. The van der Waals surface area contributed by atoms with Crippen LogP contribution >= 0.6 is 11.6 Å². The van der Waals surface area contributed by atoms with E-state index in [1.54, 1.807) is 32.0 Å². The highest BCUT2D eigenvalue weighted by atomic mass is 35.5. The molecule has 0 saturated carbocycles. The molecule has 0 radical (unpaired) electrons. The largest absolute Gasteiger partial charge is 0.453 e. The number of amides is 1. The van der Waals surface area contributed by atoms with E-state index in [0.29, 0.717) is 33.1 Å². The normalized spacial score (nSPS) is 14.0. The molecule has 0 saturated heterocycles. The maximum absolute atomic E-state index is 13.1. The first-order valence-corrected chi connectivity index (χ1v) is 8.10. The molecule has 9 heteroatoms. The van der Waals surface area contributed by atoms with Crippen LogP contribution in [0.4, 0.5) is 18.9 Å². The maximum atomic E-state index is 13.1. The minimum atomic E-state index is -4.64. The van der Waals surface area contributed by atoms with Crippen molar-refractivity contribution in [2.24, 2.45) is 0 Å². The van der Waals surface area contributed by atoms with E-state index in [2.05, 4.69) is 15.4 Å². The van der Waals surface area contributed by atoms with Crippen LogP contribution in [0.5, 0.6) is 0 Å². The van der Waals surface area contributed by atoms with Crippen molar-refractivity contribution in [1.82, 2.24) is 14.6 Å². The molecule has 1 amide bonds. The highest BCUT2D eigenvalue weighted by molar-refractivity contribution is 6.34. The van der Waals surface area contributed by atoms with E-state index < -0.39 is 12.0 Å². The van der Waals surface area contributed by atoms with Gasteiger partial charge in [-0.3, -0.25) is 4.79 Å². The van der Waals surface area contributed by atoms with E-state index in [0.717, 1.165) is 5.56 Å². The SMILES string of the molecule is Cc1cc(C)c2nc(C(F)(F)F)nn2c1-c1cc(Cl)c2c(c1)CC(=O)N2. The fraction of sp³-hybridized carbons (Fsp3) is 0.235. The van der Waals surface area contributed by atoms with Gasteiger partial charge in [0.25, 0.3) is 5.82 Å². The Morgan fingerprint density at radius 2 is 1.92 bits per heavy atom. The van der Waals surface area contributed by atoms with Crippen molar-refractivity contribution in [2.75, 3.05) is 5.32 Å². The third kappa shape index (κ3) is 2.52. The Hall–Kier alpha value is -2.61. The summed E-state index contributed by atoms with van der Waals surface area (Å²) in [6.45, 7) is 3.46. The Kier molecular flexibility index (Phi) is 3.52. The first-order valence-electron chi connectivity index (χ1n) is 7.72. The topological polar surface area (TPSA) is 59.3 Å². The zero-order valence-electron chi connectivity index (χ0n) is 13.7. The Balaban J connectivity index is 2.01. The Morgan fingerprint density at radius 3 is 2.62 bits per heavy atom. The van der Waals surface area contributed by atoms with Crippen LogP contribution in [-0.2, 0) is 17.4 Å². The molecule has 1 aliphatic rings. The third-order valence-electron chi connectivity index (χ3n) is 4.29. The fourth-order valence-corrected chi connectivity index (χ4v) is 3.54. The van der Waals surface area contributed by atoms with Gasteiger partial charge in [-0.2, -0.15) is 13.2 Å². The first kappa shape index (κ1) is 16.8. The zero-order valence-corrected chi connectivity index (χ0v) is 14.5. The Labute approximate surface area is 150 Å². The number of hydrogen-bond acceptors (Lipinski definition) is 3. The van der Waals surface area contributed by atoms with Gasteiger partial charge >= 0.3 is 6.18 Å². The minimum absolute atomic E-state index is 0.128. The van der Waals surface area contributed by atoms with E-state index in [1.807, 2.05) is 0 Å². The molecule has 0 fully saturated rings. The number of aromatic nitrogens is 3. The number of nitrogens with zero attached hydrogens (tertiary/aromatic N) is 3. The van der Waals surface area contributed by atoms with Gasteiger partial charge in [-0.15, -0.1) is 5.10 Å². The third-order valence-corrected chi connectivity index (χ3v) is 4.59. The number of rotatable bonds is 1. The summed E-state index contributed by atoms with van der Waals surface area (Å²) in [5, 5.41) is 6.68. The Bertz CT molecular complexity index is 1090. The molecule has 0 spiro atoms. The lowest BCUT2D eigenvalue weighted by molar-refractivity contribution is -0.144. The molecule has 134 valence electrons. The van der Waals surface area contributed by atoms with Crippen LogP contribution < -0.4 is 5.32 Å². The summed E-state index contributed by atoms with van der Waals surface area (Å²) in [6.07, 6.45) is -4.47. The number of aryl methyl sites for hydroxylation is 2. The molecule has 3 heterocycles. The van der Waals surface area contributed by atoms with Gasteiger partial charge in [0.1, 0.15) is 0 Å². The number of nitrogens with one attached hydrogen (secondary N) is 1. The van der Waals surface area contributed by atoms with Gasteiger partial charge in [-0.1, -0.05) is 17.7 Å². The van der Waals surface area contributed by atoms with Crippen molar-refractivity contribution in [3.63, 3.8) is 0 Å². The summed E-state index contributed by atoms with van der Waals surface area (Å²) >= 11 is 6.26. The summed E-state index contributed by atoms with van der Waals surface area (Å²) in [6, 6.07) is 5.10. The molecule has 1 aromatic carbocycles. The average molecular weight is 381 g/mol. The lowest BCUT2D eigenvalue weighted by Gasteiger charge is -2.12. The van der Waals surface area contributed by atoms with Crippen LogP contribution in [0.2, 0.25) is 5.02 Å². The van der Waals surface area contributed by atoms with E-state index >= 15 is 0 Å². The molecule has 0 bridgehead atoms. The molecule has 0 atom stereocenters. The van der Waals surface area contributed by atoms with Crippen LogP contribution in [0, 0.1) is 13.8 Å². The van der Waals surface area contributed by atoms with Crippen molar-refractivity contribution in [3.8, 4) is 11.3 Å². The lowest BCUT2D eigenvalue weighted by Crippen LogP contribution is -2.08. The van der Waals surface area contributed by atoms with Crippen molar-refractivity contribution in [2.45, 2.75) is 26.4 Å². The molecular formula is C17H12ClF3N4O. The highest BCUT2D eigenvalue weighted by Crippen LogP contribution is 2.38. The standard InChI is InChI=1S/C17H12ClF3N4O/c1-7-3-8(2)15-23-16(17(19,20)21)24-25(15)14(7)10-4-9-6-12(26)22-13(9)11(18)5-10/h3-5H,6H2,1-2H3,(H,22,26). The number of carbonyl (C=O) groups is 1. The van der Waals surface area contributed by atoms with Gasteiger partial charge in [0.15, 0.2) is 5.65 Å². The van der Waals surface area contributed by atoms with Gasteiger partial charge in [0, 0.05) is 5.56 Å². The fourth-order valence-electron chi connectivity index (χ4n) is 3.25. The average Bonchev–Trinajstić information content (AvgIpc) is 3.10. The van der Waals surface area contributed by atoms with Crippen LogP contribution in [0.25, 0.3) is 16.9 Å². The monoisotopic (exact) mass is 380 g/mol. The summed E-state index contributed by atoms with van der Waals surface area (Å²) in [7, 11) is 0. The quantitative estimate of drug-likeness (QED) is 0.689. The number of hydrogen-bond donors (Lipinski definition) is 1. The van der Waals surface area contributed by atoms with Crippen LogP contribution in [-0.4, -0.2) is 20.5 Å². The number of halogens is 4. The van der Waals surface area contributed by atoms with Gasteiger partial charge in [-0.05, 0) is 42.7 Å². The molecule has 0 unspecified atom stereocenters. The summed E-state index contributed by atoms with van der Waals surface area (Å²) in [5.41, 5.74) is 3.70. The lowest BCUT2D eigenvalue weighted by atomic mass is 10.0. The molecule has 1 N–H and O–H groups in total. The summed E-state index contributed by atoms with van der Waals surface area (Å²) < 4.78 is 40.4. The zero-order chi connectivity index (χ0) is 18.8. The van der Waals surface area contributed by atoms with Gasteiger partial charge < -0.3 is 5.32 Å². The van der Waals surface area contributed by atoms with Crippen molar-refractivity contribution in [3.05, 3.63) is 45.7 Å². The predicted octanol–water partition coefficient (Wildman–Crippen LogP) is 4.18. The van der Waals surface area contributed by atoms with Gasteiger partial charge in [0.05, 0.1) is 22.8 Å². The molecule has 3 aromatic rings. The smallest absolute Gasteiger partial charge is 0.324 e. The molecule has 2 aromatic heterocycles. The van der Waals surface area contributed by atoms with Gasteiger partial charge in [-0.25, -0.2) is 9.50 Å². The number of anilines is 1. The van der Waals surface area contributed by atoms with Crippen molar-refractivity contribution < 1.29 is 18.0 Å². The molecule has 26 heavy (non-hydrogen) atoms. The number of fused-ring (bicyclic) bond motifs is 2. The van der Waals surface area contributed by atoms with E-state index in [9.17, 15) is 18.0 Å².